The molecule has 1 N–H and O–H groups in total. The number of nitrogens with one attached hydrogen (secondary N) is 1. The molecule has 0 unspecified atom stereocenters. The van der Waals surface area contributed by atoms with E-state index in [-0.39, 0.29) is 12.7 Å². The first-order chi connectivity index (χ1) is 11.6. The Morgan fingerprint density at radius 3 is 2.58 bits per heavy atom. The number of benzene rings is 2. The van der Waals surface area contributed by atoms with E-state index in [1.807, 2.05) is 18.2 Å². The quantitative estimate of drug-likeness (QED) is 0.724. The van der Waals surface area contributed by atoms with Gasteiger partial charge in [0.05, 0.1) is 19.8 Å². The van der Waals surface area contributed by atoms with Gasteiger partial charge in [0.15, 0.2) is 23.0 Å². The number of methoxy groups -OCH3 is 2. The van der Waals surface area contributed by atoms with Crippen molar-refractivity contribution in [1.29, 1.82) is 0 Å². The number of halogens is 1. The highest BCUT2D eigenvalue weighted by molar-refractivity contribution is 14.1. The molecular weight excluding hydrogens is 425 g/mol. The van der Waals surface area contributed by atoms with E-state index in [0.717, 1.165) is 14.9 Å². The van der Waals surface area contributed by atoms with E-state index in [2.05, 4.69) is 27.9 Å². The van der Waals surface area contributed by atoms with Crippen LogP contribution < -0.4 is 24.3 Å². The monoisotopic (exact) mass is 441 g/mol. The van der Waals surface area contributed by atoms with Gasteiger partial charge in [-0.25, -0.2) is 0 Å². The van der Waals surface area contributed by atoms with Gasteiger partial charge in [-0.3, -0.25) is 4.79 Å². The first kappa shape index (κ1) is 16.7. The second-order valence-electron chi connectivity index (χ2n) is 5.06. The Morgan fingerprint density at radius 1 is 1.12 bits per heavy atom. The average Bonchev–Trinajstić information content (AvgIpc) is 3.07. The number of hydrogen-bond acceptors (Lipinski definition) is 5. The molecule has 0 aromatic heterocycles. The maximum atomic E-state index is 12.5. The summed E-state index contributed by atoms with van der Waals surface area (Å²) in [6.07, 6.45) is 0. The van der Waals surface area contributed by atoms with Gasteiger partial charge in [0.1, 0.15) is 0 Å². The summed E-state index contributed by atoms with van der Waals surface area (Å²) in [5.74, 6) is 2.35. The smallest absolute Gasteiger partial charge is 0.252 e. The van der Waals surface area contributed by atoms with Crippen LogP contribution in [0.4, 0.5) is 0 Å². The Hall–Kier alpha value is -2.16. The molecule has 2 aromatic carbocycles. The SMILES string of the molecule is COc1cc(I)c(C(=O)NCc2ccc3c(c2)OCO3)cc1OC. The normalized spacial score (nSPS) is 12.0. The molecule has 0 bridgehead atoms. The topological polar surface area (TPSA) is 66.0 Å². The lowest BCUT2D eigenvalue weighted by molar-refractivity contribution is 0.0949. The van der Waals surface area contributed by atoms with Crippen molar-refractivity contribution in [2.24, 2.45) is 0 Å². The fraction of sp³-hybridized carbons (Fsp3) is 0.235. The fourth-order valence-electron chi connectivity index (χ4n) is 2.36. The number of amides is 1. The molecular formula is C17H16INO5. The molecule has 0 spiro atoms. The number of ether oxygens (including phenoxy) is 4. The Bertz CT molecular complexity index is 778. The van der Waals surface area contributed by atoms with Crippen molar-refractivity contribution in [2.45, 2.75) is 6.54 Å². The van der Waals surface area contributed by atoms with Crippen molar-refractivity contribution in [2.75, 3.05) is 21.0 Å². The van der Waals surface area contributed by atoms with Crippen LogP contribution in [0.5, 0.6) is 23.0 Å². The van der Waals surface area contributed by atoms with Crippen LogP contribution in [0, 0.1) is 3.57 Å². The minimum atomic E-state index is -0.182. The molecule has 1 amide bonds. The summed E-state index contributed by atoms with van der Waals surface area (Å²) in [4.78, 5) is 12.5. The Morgan fingerprint density at radius 2 is 1.83 bits per heavy atom. The van der Waals surface area contributed by atoms with Crippen LogP contribution in [0.15, 0.2) is 30.3 Å². The average molecular weight is 441 g/mol. The van der Waals surface area contributed by atoms with Crippen molar-refractivity contribution >= 4 is 28.5 Å². The lowest BCUT2D eigenvalue weighted by Crippen LogP contribution is -2.23. The number of carbonyl (C=O) groups is 1. The highest BCUT2D eigenvalue weighted by atomic mass is 127. The molecule has 0 atom stereocenters. The molecule has 24 heavy (non-hydrogen) atoms. The van der Waals surface area contributed by atoms with Gasteiger partial charge in [0.2, 0.25) is 6.79 Å². The molecule has 0 fully saturated rings. The zero-order valence-electron chi connectivity index (χ0n) is 13.2. The van der Waals surface area contributed by atoms with Crippen LogP contribution in [-0.2, 0) is 6.54 Å². The van der Waals surface area contributed by atoms with Crippen molar-refractivity contribution in [1.82, 2.24) is 5.32 Å². The highest BCUT2D eigenvalue weighted by Crippen LogP contribution is 2.33. The molecule has 7 heteroatoms. The summed E-state index contributed by atoms with van der Waals surface area (Å²) in [5.41, 5.74) is 1.47. The molecule has 0 saturated carbocycles. The molecule has 3 rings (SSSR count). The summed E-state index contributed by atoms with van der Waals surface area (Å²) < 4.78 is 21.9. The van der Waals surface area contributed by atoms with Gasteiger partial charge in [0, 0.05) is 10.1 Å². The largest absolute Gasteiger partial charge is 0.493 e. The number of fused-ring (bicyclic) bond motifs is 1. The van der Waals surface area contributed by atoms with E-state index < -0.39 is 0 Å². The zero-order chi connectivity index (χ0) is 17.1. The van der Waals surface area contributed by atoms with Crippen molar-refractivity contribution < 1.29 is 23.7 Å². The van der Waals surface area contributed by atoms with Gasteiger partial charge in [-0.15, -0.1) is 0 Å². The second-order valence-corrected chi connectivity index (χ2v) is 6.22. The number of hydrogen-bond donors (Lipinski definition) is 1. The number of carbonyl (C=O) groups excluding carboxylic acids is 1. The van der Waals surface area contributed by atoms with E-state index >= 15 is 0 Å². The summed E-state index contributed by atoms with van der Waals surface area (Å²) >= 11 is 2.10. The molecule has 0 radical (unpaired) electrons. The molecule has 6 nitrogen and oxygen atoms in total. The molecule has 1 aliphatic heterocycles. The molecule has 2 aromatic rings. The summed E-state index contributed by atoms with van der Waals surface area (Å²) in [6.45, 7) is 0.620. The van der Waals surface area contributed by atoms with Crippen LogP contribution >= 0.6 is 22.6 Å². The zero-order valence-corrected chi connectivity index (χ0v) is 15.4. The van der Waals surface area contributed by atoms with Gasteiger partial charge in [-0.05, 0) is 52.4 Å². The van der Waals surface area contributed by atoms with Crippen LogP contribution in [0.1, 0.15) is 15.9 Å². The minimum Gasteiger partial charge on any atom is -0.493 e. The van der Waals surface area contributed by atoms with Gasteiger partial charge < -0.3 is 24.3 Å². The maximum Gasteiger partial charge on any atom is 0.252 e. The Labute approximate surface area is 153 Å². The summed E-state index contributed by atoms with van der Waals surface area (Å²) in [7, 11) is 3.10. The third-order valence-corrected chi connectivity index (χ3v) is 4.50. The van der Waals surface area contributed by atoms with Gasteiger partial charge in [0.25, 0.3) is 5.91 Å². The van der Waals surface area contributed by atoms with Gasteiger partial charge >= 0.3 is 0 Å². The second kappa shape index (κ2) is 7.16. The summed E-state index contributed by atoms with van der Waals surface area (Å²) in [5, 5.41) is 2.90. The predicted molar refractivity (Wildman–Crippen MR) is 96.0 cm³/mol. The van der Waals surface area contributed by atoms with Crippen LogP contribution in [0.2, 0.25) is 0 Å². The van der Waals surface area contributed by atoms with E-state index in [4.69, 9.17) is 18.9 Å². The van der Waals surface area contributed by atoms with Crippen LogP contribution in [0.25, 0.3) is 0 Å². The Balaban J connectivity index is 1.73. The van der Waals surface area contributed by atoms with E-state index in [0.29, 0.717) is 29.4 Å². The van der Waals surface area contributed by atoms with Crippen molar-refractivity contribution in [3.8, 4) is 23.0 Å². The van der Waals surface area contributed by atoms with Gasteiger partial charge in [-0.2, -0.15) is 0 Å². The number of rotatable bonds is 5. The lowest BCUT2D eigenvalue weighted by Gasteiger charge is -2.12. The first-order valence-corrected chi connectivity index (χ1v) is 8.28. The van der Waals surface area contributed by atoms with E-state index in [1.54, 1.807) is 26.4 Å². The molecule has 1 aliphatic rings. The van der Waals surface area contributed by atoms with Crippen LogP contribution in [-0.4, -0.2) is 26.9 Å². The third kappa shape index (κ3) is 3.35. The lowest BCUT2D eigenvalue weighted by atomic mass is 10.1. The third-order valence-electron chi connectivity index (χ3n) is 3.61. The van der Waals surface area contributed by atoms with Crippen molar-refractivity contribution in [3.05, 3.63) is 45.0 Å². The standard InChI is InChI=1S/C17H16INO5/c1-21-14-6-11(12(18)7-15(14)22-2)17(20)19-8-10-3-4-13-16(5-10)24-9-23-13/h3-7H,8-9H2,1-2H3,(H,19,20). The molecule has 1 heterocycles. The molecule has 126 valence electrons. The summed E-state index contributed by atoms with van der Waals surface area (Å²) in [6, 6.07) is 9.05. The Kier molecular flexibility index (Phi) is 4.98. The fourth-order valence-corrected chi connectivity index (χ4v) is 3.04. The minimum absolute atomic E-state index is 0.182. The first-order valence-electron chi connectivity index (χ1n) is 7.20. The molecule has 0 aliphatic carbocycles. The van der Waals surface area contributed by atoms with Crippen LogP contribution in [0.3, 0.4) is 0 Å². The highest BCUT2D eigenvalue weighted by Gasteiger charge is 2.17. The van der Waals surface area contributed by atoms with Gasteiger partial charge in [-0.1, -0.05) is 6.07 Å². The van der Waals surface area contributed by atoms with E-state index in [9.17, 15) is 4.79 Å². The molecule has 0 saturated heterocycles. The van der Waals surface area contributed by atoms with Crippen molar-refractivity contribution in [3.63, 3.8) is 0 Å². The van der Waals surface area contributed by atoms with E-state index in [1.165, 1.54) is 0 Å². The maximum absolute atomic E-state index is 12.5. The predicted octanol–water partition coefficient (Wildman–Crippen LogP) is 2.97.